The number of aromatic nitrogens is 2. The Bertz CT molecular complexity index is 2000. The van der Waals surface area contributed by atoms with Gasteiger partial charge in [-0.25, -0.2) is 0 Å². The van der Waals surface area contributed by atoms with Crippen LogP contribution in [0.1, 0.15) is 48.6 Å². The van der Waals surface area contributed by atoms with Crippen LogP contribution in [0.25, 0.3) is 16.5 Å². The van der Waals surface area contributed by atoms with Crippen molar-refractivity contribution in [3.05, 3.63) is 113 Å². The number of benzene rings is 4. The molecule has 8 nitrogen and oxygen atoms in total. The van der Waals surface area contributed by atoms with E-state index in [2.05, 4.69) is 34.5 Å². The third kappa shape index (κ3) is 5.63. The van der Waals surface area contributed by atoms with Gasteiger partial charge in [-0.2, -0.15) is 0 Å². The Morgan fingerprint density at radius 3 is 2.74 bits per heavy atom. The van der Waals surface area contributed by atoms with Gasteiger partial charge in [-0.05, 0) is 71.1 Å². The summed E-state index contributed by atoms with van der Waals surface area (Å²) in [5.41, 5.74) is 3.16. The maximum absolute atomic E-state index is 13.8. The van der Waals surface area contributed by atoms with Gasteiger partial charge in [0.25, 0.3) is 5.78 Å². The molecular formula is C36H31N3O5S2. The first-order valence-corrected chi connectivity index (χ1v) is 17.0. The monoisotopic (exact) mass is 649 g/mol. The lowest BCUT2D eigenvalue weighted by molar-refractivity contribution is -0.132. The fourth-order valence-corrected chi connectivity index (χ4v) is 7.85. The quantitative estimate of drug-likeness (QED) is 0.0570. The average molecular weight is 650 g/mol. The van der Waals surface area contributed by atoms with Crippen LogP contribution in [0.5, 0.6) is 11.5 Å². The summed E-state index contributed by atoms with van der Waals surface area (Å²) in [7, 11) is 0. The van der Waals surface area contributed by atoms with Gasteiger partial charge in [-0.15, -0.1) is 10.2 Å². The lowest BCUT2D eigenvalue weighted by atomic mass is 9.94. The summed E-state index contributed by atoms with van der Waals surface area (Å²) in [5, 5.41) is 23.1. The molecular weight excluding hydrogens is 619 g/mol. The van der Waals surface area contributed by atoms with Crippen molar-refractivity contribution in [2.75, 3.05) is 11.5 Å². The van der Waals surface area contributed by atoms with Gasteiger partial charge in [0.1, 0.15) is 23.4 Å². The van der Waals surface area contributed by atoms with Crippen LogP contribution in [-0.4, -0.2) is 39.7 Å². The van der Waals surface area contributed by atoms with Gasteiger partial charge in [-0.3, -0.25) is 14.5 Å². The number of rotatable bonds is 9. The summed E-state index contributed by atoms with van der Waals surface area (Å²) in [4.78, 5) is 28.9. The minimum absolute atomic E-state index is 0.00952. The molecule has 0 unspecified atom stereocenters. The SMILES string of the molecule is CCCOc1cccc([C@H]2/C(=C(\O)c3ccc4c(c3)C[C@@H](C)O4)C(=O)C(=O)N2c2nnc(SCc3cccc4ccccc34)s2)c1. The number of Topliss-reactive ketones (excluding diaryl/α,β-unsaturated/α-hetero) is 1. The number of aliphatic hydroxyl groups is 1. The van der Waals surface area contributed by atoms with E-state index in [1.807, 2.05) is 62.4 Å². The summed E-state index contributed by atoms with van der Waals surface area (Å²) >= 11 is 2.77. The molecule has 0 saturated carbocycles. The zero-order valence-corrected chi connectivity index (χ0v) is 26.9. The molecule has 0 aliphatic carbocycles. The number of ketones is 1. The highest BCUT2D eigenvalue weighted by molar-refractivity contribution is 8.00. The maximum Gasteiger partial charge on any atom is 0.301 e. The number of nitrogens with zero attached hydrogens (tertiary/aromatic N) is 3. The molecule has 1 aromatic heterocycles. The minimum Gasteiger partial charge on any atom is -0.507 e. The van der Waals surface area contributed by atoms with Crippen LogP contribution in [0.4, 0.5) is 5.13 Å². The normalized spacial score (nSPS) is 18.6. The van der Waals surface area contributed by atoms with E-state index < -0.39 is 17.7 Å². The van der Waals surface area contributed by atoms with Crippen LogP contribution in [-0.2, 0) is 21.8 Å². The molecule has 232 valence electrons. The lowest BCUT2D eigenvalue weighted by Gasteiger charge is -2.23. The maximum atomic E-state index is 13.8. The molecule has 10 heteroatoms. The summed E-state index contributed by atoms with van der Waals surface area (Å²) in [5.74, 6) is 0.221. The highest BCUT2D eigenvalue weighted by atomic mass is 32.2. The Morgan fingerprint density at radius 2 is 1.87 bits per heavy atom. The zero-order valence-electron chi connectivity index (χ0n) is 25.3. The number of hydrogen-bond donors (Lipinski definition) is 1. The van der Waals surface area contributed by atoms with E-state index >= 15 is 0 Å². The van der Waals surface area contributed by atoms with E-state index in [-0.39, 0.29) is 22.6 Å². The topological polar surface area (TPSA) is 102 Å². The van der Waals surface area contributed by atoms with Crippen molar-refractivity contribution < 1.29 is 24.2 Å². The molecule has 2 aliphatic heterocycles. The van der Waals surface area contributed by atoms with Gasteiger partial charge in [0.05, 0.1) is 18.2 Å². The second kappa shape index (κ2) is 12.6. The van der Waals surface area contributed by atoms with Gasteiger partial charge in [-0.1, -0.05) is 84.6 Å². The third-order valence-electron chi connectivity index (χ3n) is 8.09. The molecule has 1 fully saturated rings. The Hall–Kier alpha value is -4.67. The van der Waals surface area contributed by atoms with Gasteiger partial charge >= 0.3 is 5.91 Å². The summed E-state index contributed by atoms with van der Waals surface area (Å²) < 4.78 is 12.4. The molecule has 4 aromatic carbocycles. The Kier molecular flexibility index (Phi) is 8.23. The number of thioether (sulfide) groups is 1. The number of anilines is 1. The molecule has 0 bridgehead atoms. The van der Waals surface area contributed by atoms with Crippen LogP contribution >= 0.6 is 23.1 Å². The number of carbonyl (C=O) groups excluding carboxylic acids is 2. The molecule has 0 spiro atoms. The first kappa shape index (κ1) is 30.0. The molecule has 0 radical (unpaired) electrons. The van der Waals surface area contributed by atoms with Crippen LogP contribution < -0.4 is 14.4 Å². The zero-order chi connectivity index (χ0) is 31.8. The predicted molar refractivity (Wildman–Crippen MR) is 181 cm³/mol. The largest absolute Gasteiger partial charge is 0.507 e. The molecule has 1 amide bonds. The van der Waals surface area contributed by atoms with Gasteiger partial charge < -0.3 is 14.6 Å². The van der Waals surface area contributed by atoms with Crippen molar-refractivity contribution in [2.45, 2.75) is 48.9 Å². The van der Waals surface area contributed by atoms with Crippen molar-refractivity contribution in [1.29, 1.82) is 0 Å². The van der Waals surface area contributed by atoms with E-state index in [1.165, 1.54) is 38.9 Å². The Labute approximate surface area is 274 Å². The number of ether oxygens (including phenoxy) is 2. The molecule has 5 aromatic rings. The summed E-state index contributed by atoms with van der Waals surface area (Å²) in [6.45, 7) is 4.52. The van der Waals surface area contributed by atoms with Gasteiger partial charge in [0.15, 0.2) is 4.34 Å². The van der Waals surface area contributed by atoms with E-state index in [4.69, 9.17) is 9.47 Å². The second-order valence-corrected chi connectivity index (χ2v) is 13.5. The van der Waals surface area contributed by atoms with Crippen molar-refractivity contribution >= 4 is 56.5 Å². The van der Waals surface area contributed by atoms with Crippen LogP contribution in [0.3, 0.4) is 0 Å². The molecule has 46 heavy (non-hydrogen) atoms. The molecule has 2 aliphatic rings. The van der Waals surface area contributed by atoms with E-state index in [1.54, 1.807) is 12.1 Å². The van der Waals surface area contributed by atoms with Crippen molar-refractivity contribution in [1.82, 2.24) is 10.2 Å². The molecule has 3 heterocycles. The Morgan fingerprint density at radius 1 is 1.04 bits per heavy atom. The Balaban J connectivity index is 1.26. The smallest absolute Gasteiger partial charge is 0.301 e. The first-order chi connectivity index (χ1) is 22.4. The molecule has 1 N–H and O–H groups in total. The van der Waals surface area contributed by atoms with Gasteiger partial charge in [0, 0.05) is 17.7 Å². The lowest BCUT2D eigenvalue weighted by Crippen LogP contribution is -2.29. The summed E-state index contributed by atoms with van der Waals surface area (Å²) in [6, 6.07) is 26.1. The summed E-state index contributed by atoms with van der Waals surface area (Å²) in [6.07, 6.45) is 1.54. The number of hydrogen-bond acceptors (Lipinski definition) is 9. The third-order valence-corrected chi connectivity index (χ3v) is 10.2. The van der Waals surface area contributed by atoms with E-state index in [0.29, 0.717) is 40.0 Å². The number of aliphatic hydroxyl groups excluding tert-OH is 1. The van der Waals surface area contributed by atoms with Crippen molar-refractivity contribution in [3.63, 3.8) is 0 Å². The second-order valence-electron chi connectivity index (χ2n) is 11.3. The average Bonchev–Trinajstić information content (AvgIpc) is 3.77. The number of carbonyl (C=O) groups is 2. The van der Waals surface area contributed by atoms with Crippen LogP contribution in [0.2, 0.25) is 0 Å². The van der Waals surface area contributed by atoms with E-state index in [9.17, 15) is 14.7 Å². The molecule has 7 rings (SSSR count). The van der Waals surface area contributed by atoms with Crippen LogP contribution in [0.15, 0.2) is 94.8 Å². The number of fused-ring (bicyclic) bond motifs is 2. The number of amides is 1. The highest BCUT2D eigenvalue weighted by Gasteiger charge is 2.48. The highest BCUT2D eigenvalue weighted by Crippen LogP contribution is 2.45. The van der Waals surface area contributed by atoms with Crippen LogP contribution in [0, 0.1) is 0 Å². The fourth-order valence-electron chi connectivity index (χ4n) is 5.98. The molecule has 1 saturated heterocycles. The fraction of sp³-hybridized carbons (Fsp3) is 0.222. The minimum atomic E-state index is -0.933. The first-order valence-electron chi connectivity index (χ1n) is 15.2. The van der Waals surface area contributed by atoms with Crippen molar-refractivity contribution in [2.24, 2.45) is 0 Å². The predicted octanol–water partition coefficient (Wildman–Crippen LogP) is 7.72. The molecule has 2 atom stereocenters. The van der Waals surface area contributed by atoms with Crippen molar-refractivity contribution in [3.8, 4) is 11.5 Å². The standard InChI is InChI=1S/C36H31N3O5S2/c1-3-16-43-27-12-7-10-23(19-27)31-30(32(40)24-14-15-29-26(18-24)17-21(2)44-29)33(41)34(42)39(31)35-37-38-36(46-35)45-20-25-11-6-9-22-8-4-5-13-28(22)25/h4-15,18-19,21,31,40H,3,16-17,20H2,1-2H3/b32-30+/t21-,31+/m1/s1. The van der Waals surface area contributed by atoms with E-state index in [0.717, 1.165) is 23.1 Å². The van der Waals surface area contributed by atoms with Gasteiger partial charge in [0.2, 0.25) is 5.13 Å².